The molecule has 0 saturated carbocycles. The standard InChI is InChI=1S/C20H21ClN2O2/c1-13(23-14(2)24)6-7-15-8-11-19(22-12-15)25-18-10-9-16-4-3-5-17(16)20(18)21/h6-13H,3-5H2,1-2H3,(H,23,24)/b7-6+/t13-/m0/s1. The maximum absolute atomic E-state index is 11.0. The number of carbonyl (C=O) groups excluding carboxylic acids is 1. The number of rotatable bonds is 5. The van der Waals surface area contributed by atoms with Gasteiger partial charge in [-0.25, -0.2) is 4.98 Å². The molecule has 0 fully saturated rings. The van der Waals surface area contributed by atoms with Crippen molar-refractivity contribution in [3.63, 3.8) is 0 Å². The first-order valence-electron chi connectivity index (χ1n) is 8.42. The number of nitrogens with zero attached hydrogens (tertiary/aromatic N) is 1. The molecule has 5 heteroatoms. The van der Waals surface area contributed by atoms with Crippen LogP contribution in [-0.2, 0) is 17.6 Å². The molecule has 1 aliphatic carbocycles. The maximum atomic E-state index is 11.0. The summed E-state index contributed by atoms with van der Waals surface area (Å²) in [6.45, 7) is 3.42. The molecule has 1 N–H and O–H groups in total. The number of benzene rings is 1. The van der Waals surface area contributed by atoms with Gasteiger partial charge in [0.1, 0.15) is 5.75 Å². The van der Waals surface area contributed by atoms with Crippen molar-refractivity contribution in [1.82, 2.24) is 10.3 Å². The number of carbonyl (C=O) groups is 1. The van der Waals surface area contributed by atoms with Crippen LogP contribution >= 0.6 is 11.6 Å². The quantitative estimate of drug-likeness (QED) is 0.854. The number of hydrogen-bond donors (Lipinski definition) is 1. The molecule has 1 atom stereocenters. The van der Waals surface area contributed by atoms with Crippen LogP contribution in [0, 0.1) is 0 Å². The van der Waals surface area contributed by atoms with E-state index >= 15 is 0 Å². The van der Waals surface area contributed by atoms with E-state index in [-0.39, 0.29) is 11.9 Å². The number of ether oxygens (including phenoxy) is 1. The Balaban J connectivity index is 1.67. The number of halogens is 1. The summed E-state index contributed by atoms with van der Waals surface area (Å²) in [4.78, 5) is 15.3. The zero-order chi connectivity index (χ0) is 17.8. The van der Waals surface area contributed by atoms with E-state index < -0.39 is 0 Å². The molecule has 25 heavy (non-hydrogen) atoms. The van der Waals surface area contributed by atoms with Crippen LogP contribution in [0.15, 0.2) is 36.5 Å². The molecule has 0 unspecified atom stereocenters. The molecule has 1 amide bonds. The zero-order valence-corrected chi connectivity index (χ0v) is 15.1. The van der Waals surface area contributed by atoms with Gasteiger partial charge in [-0.2, -0.15) is 0 Å². The second-order valence-electron chi connectivity index (χ2n) is 6.25. The minimum Gasteiger partial charge on any atom is -0.437 e. The largest absolute Gasteiger partial charge is 0.437 e. The monoisotopic (exact) mass is 356 g/mol. The molecule has 1 aliphatic rings. The van der Waals surface area contributed by atoms with Crippen LogP contribution in [0.25, 0.3) is 6.08 Å². The van der Waals surface area contributed by atoms with Crippen molar-refractivity contribution >= 4 is 23.6 Å². The van der Waals surface area contributed by atoms with Gasteiger partial charge in [-0.3, -0.25) is 4.79 Å². The van der Waals surface area contributed by atoms with Crippen LogP contribution in [0.4, 0.5) is 0 Å². The van der Waals surface area contributed by atoms with Crippen LogP contribution in [-0.4, -0.2) is 16.9 Å². The third kappa shape index (κ3) is 4.40. The summed E-state index contributed by atoms with van der Waals surface area (Å²) in [5.74, 6) is 1.11. The molecule has 0 radical (unpaired) electrons. The van der Waals surface area contributed by atoms with Gasteiger partial charge in [0.15, 0.2) is 0 Å². The van der Waals surface area contributed by atoms with Gasteiger partial charge in [-0.05, 0) is 55.0 Å². The van der Waals surface area contributed by atoms with Crippen molar-refractivity contribution in [2.45, 2.75) is 39.2 Å². The summed E-state index contributed by atoms with van der Waals surface area (Å²) in [6, 6.07) is 7.70. The summed E-state index contributed by atoms with van der Waals surface area (Å²) in [6.07, 6.45) is 8.80. The Morgan fingerprint density at radius 3 is 2.88 bits per heavy atom. The molecule has 0 spiro atoms. The predicted molar refractivity (Wildman–Crippen MR) is 100 cm³/mol. The Labute approximate surface area is 152 Å². The number of aryl methyl sites for hydroxylation is 1. The predicted octanol–water partition coefficient (Wildman–Crippen LogP) is 4.55. The number of fused-ring (bicyclic) bond motifs is 1. The topological polar surface area (TPSA) is 51.2 Å². The Bertz CT molecular complexity index is 800. The van der Waals surface area contributed by atoms with Gasteiger partial charge < -0.3 is 10.1 Å². The van der Waals surface area contributed by atoms with Gasteiger partial charge in [0, 0.05) is 25.2 Å². The number of hydrogen-bond acceptors (Lipinski definition) is 3. The van der Waals surface area contributed by atoms with Crippen LogP contribution in [0.2, 0.25) is 5.02 Å². The summed E-state index contributed by atoms with van der Waals surface area (Å²) >= 11 is 6.46. The first-order valence-corrected chi connectivity index (χ1v) is 8.80. The molecule has 0 saturated heterocycles. The average Bonchev–Trinajstić information content (AvgIpc) is 3.06. The minimum absolute atomic E-state index is 0.0290. The fourth-order valence-electron chi connectivity index (χ4n) is 2.97. The van der Waals surface area contributed by atoms with Gasteiger partial charge in [0.2, 0.25) is 11.8 Å². The second kappa shape index (κ2) is 7.70. The summed E-state index contributed by atoms with van der Waals surface area (Å²) in [7, 11) is 0. The number of aromatic nitrogens is 1. The fraction of sp³-hybridized carbons (Fsp3) is 0.300. The van der Waals surface area contributed by atoms with Crippen molar-refractivity contribution in [1.29, 1.82) is 0 Å². The molecule has 1 aromatic carbocycles. The van der Waals surface area contributed by atoms with Gasteiger partial charge in [-0.1, -0.05) is 29.8 Å². The molecule has 130 valence electrons. The van der Waals surface area contributed by atoms with E-state index in [4.69, 9.17) is 16.3 Å². The fourth-order valence-corrected chi connectivity index (χ4v) is 3.28. The van der Waals surface area contributed by atoms with E-state index in [0.717, 1.165) is 24.8 Å². The normalized spacial score (nSPS) is 14.4. The van der Waals surface area contributed by atoms with E-state index in [1.807, 2.05) is 37.3 Å². The van der Waals surface area contributed by atoms with Crippen molar-refractivity contribution in [3.05, 3.63) is 58.3 Å². The van der Waals surface area contributed by atoms with Gasteiger partial charge in [0.05, 0.1) is 5.02 Å². The Kier molecular flexibility index (Phi) is 5.39. The van der Waals surface area contributed by atoms with Crippen LogP contribution in [0.1, 0.15) is 37.0 Å². The number of amides is 1. The van der Waals surface area contributed by atoms with E-state index in [2.05, 4.69) is 16.4 Å². The highest BCUT2D eigenvalue weighted by Gasteiger charge is 2.17. The highest BCUT2D eigenvalue weighted by Crippen LogP contribution is 2.37. The lowest BCUT2D eigenvalue weighted by Crippen LogP contribution is -2.28. The molecule has 0 aliphatic heterocycles. The van der Waals surface area contributed by atoms with Gasteiger partial charge in [0.25, 0.3) is 0 Å². The first kappa shape index (κ1) is 17.5. The zero-order valence-electron chi connectivity index (χ0n) is 14.4. The van der Waals surface area contributed by atoms with Crippen molar-refractivity contribution in [2.24, 2.45) is 0 Å². The van der Waals surface area contributed by atoms with E-state index in [9.17, 15) is 4.79 Å². The highest BCUT2D eigenvalue weighted by atomic mass is 35.5. The van der Waals surface area contributed by atoms with Crippen LogP contribution < -0.4 is 10.1 Å². The van der Waals surface area contributed by atoms with Crippen molar-refractivity contribution in [2.75, 3.05) is 0 Å². The van der Waals surface area contributed by atoms with Crippen LogP contribution in [0.3, 0.4) is 0 Å². The third-order valence-corrected chi connectivity index (χ3v) is 4.57. The van der Waals surface area contributed by atoms with Gasteiger partial charge in [-0.15, -0.1) is 0 Å². The first-order chi connectivity index (χ1) is 12.0. The summed E-state index contributed by atoms with van der Waals surface area (Å²) in [5, 5.41) is 3.50. The second-order valence-corrected chi connectivity index (χ2v) is 6.63. The highest BCUT2D eigenvalue weighted by molar-refractivity contribution is 6.33. The molecule has 4 nitrogen and oxygen atoms in total. The van der Waals surface area contributed by atoms with Gasteiger partial charge >= 0.3 is 0 Å². The Hall–Kier alpha value is -2.33. The average molecular weight is 357 g/mol. The van der Waals surface area contributed by atoms with Crippen molar-refractivity contribution < 1.29 is 9.53 Å². The molecule has 2 aromatic rings. The van der Waals surface area contributed by atoms with Crippen molar-refractivity contribution in [3.8, 4) is 11.6 Å². The molecular weight excluding hydrogens is 336 g/mol. The van der Waals surface area contributed by atoms with Crippen LogP contribution in [0.5, 0.6) is 11.6 Å². The van der Waals surface area contributed by atoms with E-state index in [1.54, 1.807) is 6.20 Å². The summed E-state index contributed by atoms with van der Waals surface area (Å²) in [5.41, 5.74) is 3.45. The number of nitrogens with one attached hydrogen (secondary N) is 1. The summed E-state index contributed by atoms with van der Waals surface area (Å²) < 4.78 is 5.84. The van der Waals surface area contributed by atoms with E-state index in [1.165, 1.54) is 18.1 Å². The molecule has 1 aromatic heterocycles. The molecule has 1 heterocycles. The number of pyridine rings is 1. The molecule has 0 bridgehead atoms. The van der Waals surface area contributed by atoms with E-state index in [0.29, 0.717) is 16.7 Å². The molecule has 3 rings (SSSR count). The SMILES string of the molecule is CC(=O)N[C@@H](C)/C=C/c1ccc(Oc2ccc3c(c2Cl)CCC3)nc1. The third-order valence-electron chi connectivity index (χ3n) is 4.16. The lowest BCUT2D eigenvalue weighted by Gasteiger charge is -2.10. The Morgan fingerprint density at radius 2 is 2.16 bits per heavy atom. The Morgan fingerprint density at radius 1 is 1.32 bits per heavy atom. The molecular formula is C20H21ClN2O2. The lowest BCUT2D eigenvalue weighted by atomic mass is 10.1. The smallest absolute Gasteiger partial charge is 0.219 e. The maximum Gasteiger partial charge on any atom is 0.219 e. The lowest BCUT2D eigenvalue weighted by molar-refractivity contribution is -0.119. The minimum atomic E-state index is -0.0507.